The third-order valence-corrected chi connectivity index (χ3v) is 6.13. The molecule has 0 aliphatic rings. The normalized spacial score (nSPS) is 13.3. The van der Waals surface area contributed by atoms with E-state index in [-0.39, 0.29) is 35.3 Å². The molecule has 2 rings (SSSR count). The molecule has 0 bridgehead atoms. The van der Waals surface area contributed by atoms with Crippen LogP contribution in [0.3, 0.4) is 0 Å². The lowest BCUT2D eigenvalue weighted by atomic mass is 9.95. The minimum Gasteiger partial charge on any atom is -0.366 e. The van der Waals surface area contributed by atoms with Gasteiger partial charge in [0.2, 0.25) is 11.8 Å². The van der Waals surface area contributed by atoms with Crippen LogP contribution in [0.25, 0.3) is 6.08 Å². The summed E-state index contributed by atoms with van der Waals surface area (Å²) in [7, 11) is 0. The van der Waals surface area contributed by atoms with Crippen molar-refractivity contribution >= 4 is 23.6 Å². The number of rotatable bonds is 17. The SMILES string of the molecule is C=Cc1c(C(F)F)nn(CC(=O)N[C@@H](Cc2cc(F)cc(F)c2)C(CC(/C=C\CF)=C/C(=C)C(N)=O)=N/C=C\CC)c1C(F)F. The van der Waals surface area contributed by atoms with Crippen LogP contribution >= 0.6 is 0 Å². The van der Waals surface area contributed by atoms with Crippen LogP contribution in [0.15, 0.2) is 78.0 Å². The molecule has 2 aromatic rings. The first-order valence-electron chi connectivity index (χ1n) is 13.5. The van der Waals surface area contributed by atoms with Crippen molar-refractivity contribution in [2.75, 3.05) is 6.67 Å². The zero-order valence-electron chi connectivity index (χ0n) is 24.3. The average molecular weight is 640 g/mol. The molecule has 0 aliphatic carbocycles. The predicted molar refractivity (Wildman–Crippen MR) is 157 cm³/mol. The Bertz CT molecular complexity index is 1490. The van der Waals surface area contributed by atoms with E-state index in [1.807, 2.05) is 6.92 Å². The first-order chi connectivity index (χ1) is 21.3. The lowest BCUT2D eigenvalue weighted by Crippen LogP contribution is -2.44. The summed E-state index contributed by atoms with van der Waals surface area (Å²) in [4.78, 5) is 29.3. The number of nitrogens with zero attached hydrogens (tertiary/aromatic N) is 3. The van der Waals surface area contributed by atoms with Crippen molar-refractivity contribution in [3.63, 3.8) is 0 Å². The van der Waals surface area contributed by atoms with E-state index in [1.54, 1.807) is 6.08 Å². The Morgan fingerprint density at radius 1 is 1.11 bits per heavy atom. The number of hydrogen-bond donors (Lipinski definition) is 2. The Balaban J connectivity index is 2.63. The van der Waals surface area contributed by atoms with Gasteiger partial charge in [0.1, 0.15) is 36.2 Å². The highest BCUT2D eigenvalue weighted by atomic mass is 19.3. The molecule has 7 nitrogen and oxygen atoms in total. The Hall–Kier alpha value is -4.75. The second-order valence-corrected chi connectivity index (χ2v) is 9.50. The molecule has 1 aromatic heterocycles. The maximum absolute atomic E-state index is 14.1. The average Bonchev–Trinajstić information content (AvgIpc) is 3.33. The molecule has 0 aliphatic heterocycles. The molecule has 0 radical (unpaired) electrons. The van der Waals surface area contributed by atoms with Gasteiger partial charge in [-0.2, -0.15) is 5.10 Å². The highest BCUT2D eigenvalue weighted by molar-refractivity contribution is 5.97. The van der Waals surface area contributed by atoms with Gasteiger partial charge in [0.05, 0.1) is 6.04 Å². The Morgan fingerprint density at radius 2 is 1.78 bits per heavy atom. The summed E-state index contributed by atoms with van der Waals surface area (Å²) < 4.78 is 96.4. The maximum atomic E-state index is 14.1. The van der Waals surface area contributed by atoms with E-state index in [1.165, 1.54) is 18.4 Å². The van der Waals surface area contributed by atoms with E-state index in [4.69, 9.17) is 5.73 Å². The molecule has 242 valence electrons. The highest BCUT2D eigenvalue weighted by Crippen LogP contribution is 2.31. The number of nitrogens with two attached hydrogens (primary N) is 1. The number of hydrogen-bond acceptors (Lipinski definition) is 4. The van der Waals surface area contributed by atoms with Crippen LogP contribution in [-0.4, -0.2) is 40.0 Å². The zero-order chi connectivity index (χ0) is 33.7. The van der Waals surface area contributed by atoms with Crippen LogP contribution in [0.2, 0.25) is 0 Å². The van der Waals surface area contributed by atoms with E-state index >= 15 is 0 Å². The fourth-order valence-electron chi connectivity index (χ4n) is 4.19. The third-order valence-electron chi connectivity index (χ3n) is 6.13. The van der Waals surface area contributed by atoms with Crippen molar-refractivity contribution < 1.29 is 40.3 Å². The number of halogens is 7. The monoisotopic (exact) mass is 639 g/mol. The molecule has 45 heavy (non-hydrogen) atoms. The van der Waals surface area contributed by atoms with Crippen LogP contribution in [0.4, 0.5) is 30.7 Å². The summed E-state index contributed by atoms with van der Waals surface area (Å²) in [6.07, 6.45) is 1.06. The van der Waals surface area contributed by atoms with Crippen molar-refractivity contribution in [2.24, 2.45) is 10.7 Å². The molecule has 14 heteroatoms. The Kier molecular flexibility index (Phi) is 14.2. The molecule has 0 unspecified atom stereocenters. The number of aromatic nitrogens is 2. The second-order valence-electron chi connectivity index (χ2n) is 9.50. The summed E-state index contributed by atoms with van der Waals surface area (Å²) in [5, 5.41) is 6.05. The number of primary amides is 1. The topological polar surface area (TPSA) is 102 Å². The van der Waals surface area contributed by atoms with Crippen molar-refractivity contribution in [2.45, 2.75) is 51.6 Å². The van der Waals surface area contributed by atoms with Gasteiger partial charge in [-0.05, 0) is 42.2 Å². The van der Waals surface area contributed by atoms with Crippen LogP contribution in [0.1, 0.15) is 55.1 Å². The van der Waals surface area contributed by atoms with E-state index < -0.39 is 72.5 Å². The molecule has 1 aromatic carbocycles. The van der Waals surface area contributed by atoms with Crippen molar-refractivity contribution in [1.29, 1.82) is 0 Å². The number of carbonyl (C=O) groups excluding carboxylic acids is 2. The number of alkyl halides is 5. The van der Waals surface area contributed by atoms with Gasteiger partial charge in [-0.1, -0.05) is 44.4 Å². The minimum atomic E-state index is -3.29. The summed E-state index contributed by atoms with van der Waals surface area (Å²) >= 11 is 0. The third kappa shape index (κ3) is 11.0. The lowest BCUT2D eigenvalue weighted by Gasteiger charge is -2.22. The number of amides is 2. The summed E-state index contributed by atoms with van der Waals surface area (Å²) in [6, 6.07) is 1.45. The highest BCUT2D eigenvalue weighted by Gasteiger charge is 2.29. The fourth-order valence-corrected chi connectivity index (χ4v) is 4.19. The molecular formula is C31H32F7N5O2. The van der Waals surface area contributed by atoms with Gasteiger partial charge < -0.3 is 11.1 Å². The Labute approximate surface area is 255 Å². The number of aliphatic imine (C=N–C) groups is 1. The molecule has 2 amide bonds. The molecule has 0 saturated heterocycles. The van der Waals surface area contributed by atoms with Gasteiger partial charge in [-0.25, -0.2) is 30.7 Å². The molecule has 0 spiro atoms. The van der Waals surface area contributed by atoms with Crippen LogP contribution in [0, 0.1) is 11.6 Å². The zero-order valence-corrected chi connectivity index (χ0v) is 24.3. The van der Waals surface area contributed by atoms with Crippen LogP contribution < -0.4 is 11.1 Å². The summed E-state index contributed by atoms with van der Waals surface area (Å²) in [6.45, 7) is 6.82. The largest absolute Gasteiger partial charge is 0.366 e. The second kappa shape index (κ2) is 17.5. The Morgan fingerprint density at radius 3 is 2.31 bits per heavy atom. The van der Waals surface area contributed by atoms with Gasteiger partial charge in [0.15, 0.2) is 0 Å². The van der Waals surface area contributed by atoms with E-state index in [0.717, 1.165) is 24.3 Å². The maximum Gasteiger partial charge on any atom is 0.282 e. The van der Waals surface area contributed by atoms with Crippen LogP contribution in [0.5, 0.6) is 0 Å². The lowest BCUT2D eigenvalue weighted by molar-refractivity contribution is -0.122. The van der Waals surface area contributed by atoms with Crippen molar-refractivity contribution in [1.82, 2.24) is 15.1 Å². The number of benzene rings is 1. The van der Waals surface area contributed by atoms with E-state index in [9.17, 15) is 40.3 Å². The number of carbonyl (C=O) groups is 2. The molecule has 1 heterocycles. The first-order valence-corrected chi connectivity index (χ1v) is 13.5. The number of allylic oxidation sites excluding steroid dienone is 4. The van der Waals surface area contributed by atoms with E-state index in [2.05, 4.69) is 28.6 Å². The molecule has 1 atom stereocenters. The summed E-state index contributed by atoms with van der Waals surface area (Å²) in [5.41, 5.74) is 3.03. The van der Waals surface area contributed by atoms with Crippen molar-refractivity contribution in [3.8, 4) is 0 Å². The number of nitrogens with one attached hydrogen (secondary N) is 1. The van der Waals surface area contributed by atoms with Crippen LogP contribution in [-0.2, 0) is 22.6 Å². The minimum absolute atomic E-state index is 0.0673. The molecule has 3 N–H and O–H groups in total. The predicted octanol–water partition coefficient (Wildman–Crippen LogP) is 6.66. The molecular weight excluding hydrogens is 607 g/mol. The smallest absolute Gasteiger partial charge is 0.282 e. The quantitative estimate of drug-likeness (QED) is 0.0877. The van der Waals surface area contributed by atoms with Gasteiger partial charge in [-0.15, -0.1) is 0 Å². The van der Waals surface area contributed by atoms with Gasteiger partial charge in [-0.3, -0.25) is 19.3 Å². The van der Waals surface area contributed by atoms with Gasteiger partial charge in [0, 0.05) is 35.5 Å². The standard InChI is InChI=1S/C31H32F7N5O2/c1-4-6-10-40-24(14-19(8-7-9-32)11-18(3)31(39)45)25(15-20-12-21(33)16-22(34)13-20)41-26(44)17-43-28(30(37)38)23(5-2)27(42-43)29(35)36/h5-8,10-13,16,25,29-30H,2-4,9,14-15,17H2,1H3,(H2,39,45)(H,41,44)/b8-7-,10-6-,19-11+,40-24?/t25-/m0/s1. The molecule has 0 saturated carbocycles. The van der Waals surface area contributed by atoms with Gasteiger partial charge >= 0.3 is 0 Å². The fraction of sp³-hybridized carbons (Fsp3) is 0.290. The van der Waals surface area contributed by atoms with Gasteiger partial charge in [0.25, 0.3) is 12.9 Å². The molecule has 0 fully saturated rings. The summed E-state index contributed by atoms with van der Waals surface area (Å²) in [5.74, 6) is -3.70. The van der Waals surface area contributed by atoms with E-state index in [0.29, 0.717) is 17.2 Å². The van der Waals surface area contributed by atoms with Crippen molar-refractivity contribution in [3.05, 3.63) is 107 Å². The first kappa shape index (κ1) is 36.4.